The lowest BCUT2D eigenvalue weighted by Gasteiger charge is -2.27. The summed E-state index contributed by atoms with van der Waals surface area (Å²) in [7, 11) is 0. The quantitative estimate of drug-likeness (QED) is 0.0417. The van der Waals surface area contributed by atoms with Crippen LogP contribution in [0.5, 0.6) is 5.75 Å². The first-order chi connectivity index (χ1) is 25.5. The van der Waals surface area contributed by atoms with Crippen LogP contribution in [-0.2, 0) is 44.8 Å². The fraction of sp³-hybridized carbons (Fsp3) is 0.576. The van der Waals surface area contributed by atoms with Gasteiger partial charge in [-0.1, -0.05) is 32.4 Å². The summed E-state index contributed by atoms with van der Waals surface area (Å²) in [6.45, 7) is 1.15. The lowest BCUT2D eigenvalue weighted by Crippen LogP contribution is -2.59. The predicted molar refractivity (Wildman–Crippen MR) is 189 cm³/mol. The first kappa shape index (κ1) is 46.6. The van der Waals surface area contributed by atoms with Gasteiger partial charge in [-0.2, -0.15) is 0 Å². The highest BCUT2D eigenvalue weighted by molar-refractivity contribution is 5.97. The molecule has 1 aromatic rings. The molecule has 0 spiro atoms. The number of nitrogens with one attached hydrogen (secondary N) is 6. The summed E-state index contributed by atoms with van der Waals surface area (Å²) in [6.07, 6.45) is 0.0699. The van der Waals surface area contributed by atoms with Crippen molar-refractivity contribution in [1.29, 1.82) is 0 Å². The van der Waals surface area contributed by atoms with Crippen LogP contribution >= 0.6 is 0 Å². The summed E-state index contributed by atoms with van der Waals surface area (Å²) in [5.74, 6) is -9.34. The molecule has 0 aliphatic heterocycles. The normalized spacial score (nSPS) is 14.8. The van der Waals surface area contributed by atoms with Gasteiger partial charge < -0.3 is 68.9 Å². The van der Waals surface area contributed by atoms with Gasteiger partial charge in [0.1, 0.15) is 42.0 Å². The van der Waals surface area contributed by atoms with E-state index in [9.17, 15) is 63.9 Å². The number of phenolic OH excluding ortho intramolecular Hbond substituents is 1. The van der Waals surface area contributed by atoms with E-state index < -0.39 is 116 Å². The smallest absolute Gasteiger partial charge is 0.328 e. The number of carbonyl (C=O) groups excluding carboxylic acids is 6. The van der Waals surface area contributed by atoms with Gasteiger partial charge in [0, 0.05) is 6.42 Å². The molecule has 0 radical (unpaired) electrons. The minimum Gasteiger partial charge on any atom is -0.508 e. The van der Waals surface area contributed by atoms with Gasteiger partial charge in [-0.25, -0.2) is 4.79 Å². The minimum atomic E-state index is -1.73. The van der Waals surface area contributed by atoms with Crippen molar-refractivity contribution in [3.8, 4) is 5.75 Å². The Bertz CT molecular complexity index is 1450. The Morgan fingerprint density at radius 1 is 0.722 bits per heavy atom. The van der Waals surface area contributed by atoms with Gasteiger partial charge in [-0.15, -0.1) is 0 Å². The fourth-order valence-electron chi connectivity index (χ4n) is 4.79. The molecule has 0 bridgehead atoms. The highest BCUT2D eigenvalue weighted by Gasteiger charge is 2.34. The van der Waals surface area contributed by atoms with Crippen molar-refractivity contribution in [2.45, 2.75) is 88.6 Å². The average Bonchev–Trinajstić information content (AvgIpc) is 3.13. The zero-order valence-electron chi connectivity index (χ0n) is 30.1. The number of carbonyl (C=O) groups is 8. The maximum Gasteiger partial charge on any atom is 0.328 e. The van der Waals surface area contributed by atoms with Crippen molar-refractivity contribution in [2.24, 2.45) is 17.4 Å². The Morgan fingerprint density at radius 2 is 1.30 bits per heavy atom. The molecule has 1 rings (SSSR count). The Kier molecular flexibility index (Phi) is 20.8. The van der Waals surface area contributed by atoms with Crippen molar-refractivity contribution in [2.75, 3.05) is 26.3 Å². The van der Waals surface area contributed by atoms with Gasteiger partial charge in [0.15, 0.2) is 0 Å². The zero-order valence-corrected chi connectivity index (χ0v) is 30.1. The molecular formula is C33H52N8O13. The van der Waals surface area contributed by atoms with Gasteiger partial charge in [0.25, 0.3) is 0 Å². The van der Waals surface area contributed by atoms with E-state index in [-0.39, 0.29) is 25.1 Å². The zero-order chi connectivity index (χ0) is 41.0. The van der Waals surface area contributed by atoms with Crippen molar-refractivity contribution in [3.63, 3.8) is 0 Å². The van der Waals surface area contributed by atoms with Crippen LogP contribution in [0.4, 0.5) is 0 Å². The number of amides is 6. The third-order valence-corrected chi connectivity index (χ3v) is 8.17. The lowest BCUT2D eigenvalue weighted by atomic mass is 9.97. The van der Waals surface area contributed by atoms with Crippen LogP contribution in [0.25, 0.3) is 0 Å². The number of aliphatic hydroxyl groups is 2. The molecule has 0 aliphatic carbocycles. The molecule has 0 heterocycles. The van der Waals surface area contributed by atoms with E-state index in [0.717, 1.165) is 0 Å². The molecular weight excluding hydrogens is 716 g/mol. The number of phenols is 1. The molecule has 7 atom stereocenters. The molecule has 21 heteroatoms. The van der Waals surface area contributed by atoms with E-state index in [2.05, 4.69) is 31.9 Å². The molecule has 21 nitrogen and oxygen atoms in total. The first-order valence-electron chi connectivity index (χ1n) is 17.2. The molecule has 6 amide bonds. The van der Waals surface area contributed by atoms with Crippen LogP contribution in [0.1, 0.15) is 51.5 Å². The van der Waals surface area contributed by atoms with Gasteiger partial charge in [0.05, 0.1) is 26.2 Å². The summed E-state index contributed by atoms with van der Waals surface area (Å²) in [6, 6.07) is -3.26. The molecule has 0 aliphatic rings. The monoisotopic (exact) mass is 768 g/mol. The molecule has 0 saturated carbocycles. The summed E-state index contributed by atoms with van der Waals surface area (Å²) in [4.78, 5) is 101. The van der Waals surface area contributed by atoms with Gasteiger partial charge >= 0.3 is 11.9 Å². The standard InChI is InChI=1S/C33H52N8O13/c1-3-17(2)27(41-31(51)23(13-26(46)47)39-29(49)21(6-4-5-11-34)38-28(48)20(35)15-42)32(52)36-14-25(45)37-22(12-18-7-9-19(44)10-8-18)30(50)40-24(16-43)33(53)54/h7-10,17,20-24,27,42-44H,3-6,11-16,34-35H2,1-2H3,(H,36,52)(H,37,45)(H,38,48)(H,39,49)(H,40,50)(H,41,51)(H,46,47)(H,53,54)/t17-,20-,21-,22-,23-,24-,27-/m0/s1. The van der Waals surface area contributed by atoms with Crippen molar-refractivity contribution in [3.05, 3.63) is 29.8 Å². The fourth-order valence-corrected chi connectivity index (χ4v) is 4.79. The predicted octanol–water partition coefficient (Wildman–Crippen LogP) is -4.48. The highest BCUT2D eigenvalue weighted by atomic mass is 16.4. The first-order valence-corrected chi connectivity index (χ1v) is 17.2. The third kappa shape index (κ3) is 16.5. The minimum absolute atomic E-state index is 0.0350. The second-order valence-corrected chi connectivity index (χ2v) is 12.5. The van der Waals surface area contributed by atoms with Crippen LogP contribution in [0, 0.1) is 5.92 Å². The molecule has 302 valence electrons. The van der Waals surface area contributed by atoms with E-state index in [1.165, 1.54) is 24.3 Å². The summed E-state index contributed by atoms with van der Waals surface area (Å²) < 4.78 is 0. The van der Waals surface area contributed by atoms with Crippen LogP contribution < -0.4 is 43.4 Å². The summed E-state index contributed by atoms with van der Waals surface area (Å²) in [5.41, 5.74) is 11.5. The maximum absolute atomic E-state index is 13.4. The van der Waals surface area contributed by atoms with Crippen molar-refractivity contribution < 1.29 is 63.9 Å². The second-order valence-electron chi connectivity index (χ2n) is 12.5. The number of aromatic hydroxyl groups is 1. The van der Waals surface area contributed by atoms with E-state index in [4.69, 9.17) is 11.5 Å². The Balaban J connectivity index is 3.14. The molecule has 0 fully saturated rings. The topological polar surface area (TPSA) is 362 Å². The van der Waals surface area contributed by atoms with Crippen molar-refractivity contribution >= 4 is 47.4 Å². The number of unbranched alkanes of at least 4 members (excludes halogenated alkanes) is 1. The maximum atomic E-state index is 13.4. The number of carboxylic acid groups (broad SMARTS) is 2. The number of rotatable bonds is 25. The molecule has 1 aromatic carbocycles. The second kappa shape index (κ2) is 24.0. The lowest BCUT2D eigenvalue weighted by molar-refractivity contribution is -0.143. The largest absolute Gasteiger partial charge is 0.508 e. The Morgan fingerprint density at radius 3 is 1.83 bits per heavy atom. The van der Waals surface area contributed by atoms with Gasteiger partial charge in [-0.3, -0.25) is 33.6 Å². The highest BCUT2D eigenvalue weighted by Crippen LogP contribution is 2.13. The van der Waals surface area contributed by atoms with Crippen LogP contribution in [0.3, 0.4) is 0 Å². The molecule has 0 aromatic heterocycles. The Labute approximate surface area is 311 Å². The van der Waals surface area contributed by atoms with E-state index >= 15 is 0 Å². The molecule has 0 unspecified atom stereocenters. The number of nitrogens with two attached hydrogens (primary N) is 2. The Hall–Kier alpha value is -5.38. The van der Waals surface area contributed by atoms with Crippen LogP contribution in [-0.4, -0.2) is 135 Å². The number of aliphatic carboxylic acids is 2. The molecule has 54 heavy (non-hydrogen) atoms. The summed E-state index contributed by atoms with van der Waals surface area (Å²) in [5, 5.41) is 60.7. The van der Waals surface area contributed by atoms with E-state index in [0.29, 0.717) is 24.8 Å². The third-order valence-electron chi connectivity index (χ3n) is 8.17. The van der Waals surface area contributed by atoms with Crippen LogP contribution in [0.15, 0.2) is 24.3 Å². The number of carboxylic acids is 2. The van der Waals surface area contributed by atoms with E-state index in [1.54, 1.807) is 13.8 Å². The number of aliphatic hydroxyl groups excluding tert-OH is 2. The average molecular weight is 769 g/mol. The van der Waals surface area contributed by atoms with Gasteiger partial charge in [-0.05, 0) is 49.4 Å². The number of benzene rings is 1. The van der Waals surface area contributed by atoms with E-state index in [1.807, 2.05) is 0 Å². The summed E-state index contributed by atoms with van der Waals surface area (Å²) >= 11 is 0. The van der Waals surface area contributed by atoms with Crippen molar-refractivity contribution in [1.82, 2.24) is 31.9 Å². The van der Waals surface area contributed by atoms with Gasteiger partial charge in [0.2, 0.25) is 35.4 Å². The molecule has 0 saturated heterocycles. The number of hydrogen-bond donors (Lipinski definition) is 13. The molecule has 15 N–H and O–H groups in total. The SMILES string of the molecule is CC[C@H](C)[C@H](NC(=O)[C@H](CC(=O)O)NC(=O)[C@H](CCCCN)NC(=O)[C@@H](N)CO)C(=O)NCC(=O)N[C@@H](Cc1ccc(O)cc1)C(=O)N[C@@H](CO)C(=O)O. The number of hydrogen-bond acceptors (Lipinski definition) is 13. The van der Waals surface area contributed by atoms with Crippen LogP contribution in [0.2, 0.25) is 0 Å².